The van der Waals surface area contributed by atoms with Gasteiger partial charge < -0.3 is 9.42 Å². The van der Waals surface area contributed by atoms with Crippen molar-refractivity contribution < 1.29 is 9.32 Å². The standard InChI is InChI=1S/C19H21N5O2S/c1-12-18(13(2)26-23-12)16-7-15(20-10-21-16)6-14-4-3-5-24(8-14)19(25)17-9-27-11-22-17/h7,9-11,14H,3-6,8H2,1-2H3/t14-/m1/s1. The third-order valence-corrected chi connectivity index (χ3v) is 5.56. The number of carbonyl (C=O) groups excluding carboxylic acids is 1. The number of rotatable bonds is 4. The largest absolute Gasteiger partial charge is 0.361 e. The molecule has 140 valence electrons. The van der Waals surface area contributed by atoms with E-state index < -0.39 is 0 Å². The van der Waals surface area contributed by atoms with Gasteiger partial charge in [-0.15, -0.1) is 11.3 Å². The Hall–Kier alpha value is -2.61. The molecule has 0 radical (unpaired) electrons. The van der Waals surface area contributed by atoms with Gasteiger partial charge in [0.15, 0.2) is 0 Å². The monoisotopic (exact) mass is 383 g/mol. The third kappa shape index (κ3) is 3.75. The number of hydrogen-bond donors (Lipinski definition) is 0. The molecule has 0 aromatic carbocycles. The van der Waals surface area contributed by atoms with Crippen molar-refractivity contribution in [3.63, 3.8) is 0 Å². The van der Waals surface area contributed by atoms with Crippen LogP contribution >= 0.6 is 11.3 Å². The zero-order chi connectivity index (χ0) is 18.8. The highest BCUT2D eigenvalue weighted by Gasteiger charge is 2.26. The summed E-state index contributed by atoms with van der Waals surface area (Å²) < 4.78 is 5.26. The third-order valence-electron chi connectivity index (χ3n) is 4.97. The van der Waals surface area contributed by atoms with Crippen molar-refractivity contribution in [2.45, 2.75) is 33.1 Å². The van der Waals surface area contributed by atoms with Crippen molar-refractivity contribution in [1.29, 1.82) is 0 Å². The molecule has 0 aliphatic carbocycles. The van der Waals surface area contributed by atoms with Crippen LogP contribution in [-0.4, -0.2) is 44.0 Å². The van der Waals surface area contributed by atoms with E-state index in [2.05, 4.69) is 20.1 Å². The van der Waals surface area contributed by atoms with Crippen LogP contribution in [0.2, 0.25) is 0 Å². The summed E-state index contributed by atoms with van der Waals surface area (Å²) in [6.07, 6.45) is 4.51. The molecule has 27 heavy (non-hydrogen) atoms. The van der Waals surface area contributed by atoms with E-state index in [4.69, 9.17) is 4.52 Å². The maximum absolute atomic E-state index is 12.6. The summed E-state index contributed by atoms with van der Waals surface area (Å²) in [5.41, 5.74) is 5.82. The quantitative estimate of drug-likeness (QED) is 0.687. The van der Waals surface area contributed by atoms with Crippen LogP contribution in [0.3, 0.4) is 0 Å². The minimum Gasteiger partial charge on any atom is -0.361 e. The number of nitrogens with zero attached hydrogens (tertiary/aromatic N) is 5. The molecule has 8 heteroatoms. The van der Waals surface area contributed by atoms with E-state index in [1.807, 2.05) is 30.2 Å². The molecule has 0 bridgehead atoms. The van der Waals surface area contributed by atoms with Gasteiger partial charge in [-0.05, 0) is 45.1 Å². The number of likely N-dealkylation sites (tertiary alicyclic amines) is 1. The van der Waals surface area contributed by atoms with Crippen LogP contribution in [0.15, 0.2) is 27.8 Å². The van der Waals surface area contributed by atoms with Crippen LogP contribution in [0, 0.1) is 19.8 Å². The smallest absolute Gasteiger partial charge is 0.273 e. The Balaban J connectivity index is 1.48. The van der Waals surface area contributed by atoms with Crippen LogP contribution in [0.4, 0.5) is 0 Å². The maximum Gasteiger partial charge on any atom is 0.273 e. The molecule has 1 fully saturated rings. The van der Waals surface area contributed by atoms with Gasteiger partial charge in [-0.25, -0.2) is 15.0 Å². The number of aromatic nitrogens is 4. The fourth-order valence-electron chi connectivity index (χ4n) is 3.69. The van der Waals surface area contributed by atoms with E-state index in [1.54, 1.807) is 11.8 Å². The van der Waals surface area contributed by atoms with Crippen LogP contribution in [0.5, 0.6) is 0 Å². The summed E-state index contributed by atoms with van der Waals surface area (Å²) >= 11 is 1.45. The Morgan fingerprint density at radius 2 is 2.22 bits per heavy atom. The molecular formula is C19H21N5O2S. The highest BCUT2D eigenvalue weighted by molar-refractivity contribution is 7.07. The first-order valence-electron chi connectivity index (χ1n) is 9.03. The number of carbonyl (C=O) groups is 1. The lowest BCUT2D eigenvalue weighted by Gasteiger charge is -2.32. The van der Waals surface area contributed by atoms with Crippen LogP contribution in [0.25, 0.3) is 11.3 Å². The Labute approximate surface area is 161 Å². The summed E-state index contributed by atoms with van der Waals surface area (Å²) in [7, 11) is 0. The average Bonchev–Trinajstić information content (AvgIpc) is 3.32. The van der Waals surface area contributed by atoms with Crippen molar-refractivity contribution in [2.24, 2.45) is 5.92 Å². The minimum absolute atomic E-state index is 0.0278. The minimum atomic E-state index is 0.0278. The Kier molecular flexibility index (Phi) is 4.98. The Morgan fingerprint density at radius 3 is 2.96 bits per heavy atom. The number of thiazole rings is 1. The highest BCUT2D eigenvalue weighted by atomic mass is 32.1. The molecule has 1 amide bonds. The van der Waals surface area contributed by atoms with Gasteiger partial charge in [-0.2, -0.15) is 0 Å². The molecule has 1 aliphatic heterocycles. The van der Waals surface area contributed by atoms with Gasteiger partial charge in [0.05, 0.1) is 22.5 Å². The van der Waals surface area contributed by atoms with E-state index >= 15 is 0 Å². The molecule has 7 nitrogen and oxygen atoms in total. The van der Waals surface area contributed by atoms with Crippen molar-refractivity contribution in [3.05, 3.63) is 46.1 Å². The molecule has 1 saturated heterocycles. The van der Waals surface area contributed by atoms with E-state index in [1.165, 1.54) is 11.3 Å². The van der Waals surface area contributed by atoms with Gasteiger partial charge in [0.2, 0.25) is 0 Å². The van der Waals surface area contributed by atoms with Crippen LogP contribution in [-0.2, 0) is 6.42 Å². The molecule has 4 heterocycles. The lowest BCUT2D eigenvalue weighted by molar-refractivity contribution is 0.0667. The topological polar surface area (TPSA) is 85.0 Å². The highest BCUT2D eigenvalue weighted by Crippen LogP contribution is 2.27. The lowest BCUT2D eigenvalue weighted by atomic mass is 9.92. The van der Waals surface area contributed by atoms with E-state index in [0.29, 0.717) is 11.6 Å². The summed E-state index contributed by atoms with van der Waals surface area (Å²) in [5.74, 6) is 1.17. The number of piperidine rings is 1. The summed E-state index contributed by atoms with van der Waals surface area (Å²) in [5, 5.41) is 5.82. The molecule has 0 N–H and O–H groups in total. The maximum atomic E-state index is 12.6. The van der Waals surface area contributed by atoms with Gasteiger partial charge >= 0.3 is 0 Å². The normalized spacial score (nSPS) is 17.3. The Bertz CT molecular complexity index is 918. The van der Waals surface area contributed by atoms with Crippen molar-refractivity contribution >= 4 is 17.2 Å². The first kappa shape index (κ1) is 17.8. The zero-order valence-electron chi connectivity index (χ0n) is 15.4. The van der Waals surface area contributed by atoms with Crippen LogP contribution in [0.1, 0.15) is 40.5 Å². The first-order chi connectivity index (χ1) is 13.1. The molecule has 4 rings (SSSR count). The molecule has 1 aliphatic rings. The second-order valence-corrected chi connectivity index (χ2v) is 7.65. The van der Waals surface area contributed by atoms with Crippen molar-refractivity contribution in [3.8, 4) is 11.3 Å². The SMILES string of the molecule is Cc1noc(C)c1-c1cc(C[C@H]2CCCN(C(=O)c3cscn3)C2)ncn1. The molecule has 3 aromatic rings. The average molecular weight is 383 g/mol. The van der Waals surface area contributed by atoms with Gasteiger partial charge in [0.1, 0.15) is 17.8 Å². The van der Waals surface area contributed by atoms with Crippen LogP contribution < -0.4 is 0 Å². The molecule has 0 unspecified atom stereocenters. The summed E-state index contributed by atoms with van der Waals surface area (Å²) in [6, 6.07) is 2.01. The molecule has 3 aromatic heterocycles. The lowest BCUT2D eigenvalue weighted by Crippen LogP contribution is -2.40. The fourth-order valence-corrected chi connectivity index (χ4v) is 4.21. The summed E-state index contributed by atoms with van der Waals surface area (Å²) in [6.45, 7) is 5.33. The van der Waals surface area contributed by atoms with Gasteiger partial charge in [-0.1, -0.05) is 5.16 Å². The van der Waals surface area contributed by atoms with E-state index in [-0.39, 0.29) is 5.91 Å². The zero-order valence-corrected chi connectivity index (χ0v) is 16.2. The van der Waals surface area contributed by atoms with Crippen molar-refractivity contribution in [2.75, 3.05) is 13.1 Å². The molecular weight excluding hydrogens is 362 g/mol. The fraction of sp³-hybridized carbons (Fsp3) is 0.421. The second kappa shape index (κ2) is 7.56. The number of aryl methyl sites for hydroxylation is 2. The van der Waals surface area contributed by atoms with Gasteiger partial charge in [0, 0.05) is 24.2 Å². The second-order valence-electron chi connectivity index (χ2n) is 6.93. The predicted octanol–water partition coefficient (Wildman–Crippen LogP) is 3.30. The first-order valence-corrected chi connectivity index (χ1v) is 9.97. The summed E-state index contributed by atoms with van der Waals surface area (Å²) in [4.78, 5) is 27.5. The number of hydrogen-bond acceptors (Lipinski definition) is 7. The van der Waals surface area contributed by atoms with Crippen molar-refractivity contribution in [1.82, 2.24) is 25.0 Å². The molecule has 1 atom stereocenters. The number of amides is 1. The van der Waals surface area contributed by atoms with Gasteiger partial charge in [-0.3, -0.25) is 4.79 Å². The Morgan fingerprint density at radius 1 is 1.33 bits per heavy atom. The molecule has 0 spiro atoms. The molecule has 0 saturated carbocycles. The van der Waals surface area contributed by atoms with Gasteiger partial charge in [0.25, 0.3) is 5.91 Å². The predicted molar refractivity (Wildman–Crippen MR) is 101 cm³/mol. The van der Waals surface area contributed by atoms with E-state index in [9.17, 15) is 4.79 Å². The van der Waals surface area contributed by atoms with E-state index in [0.717, 1.165) is 60.8 Å².